The maximum absolute atomic E-state index is 6.33. The monoisotopic (exact) mass is 262 g/mol. The van der Waals surface area contributed by atoms with E-state index >= 15 is 0 Å². The summed E-state index contributed by atoms with van der Waals surface area (Å²) in [4.78, 5) is 4.62. The molecule has 0 atom stereocenters. The zero-order valence-corrected chi connectivity index (χ0v) is 11.7. The Morgan fingerprint density at radius 3 is 2.72 bits per heavy atom. The number of halogens is 1. The molecule has 2 rings (SSSR count). The summed E-state index contributed by atoms with van der Waals surface area (Å²) in [6, 6.07) is 6.13. The van der Waals surface area contributed by atoms with Crippen LogP contribution in [-0.4, -0.2) is 11.5 Å². The number of aryl methyl sites for hydroxylation is 3. The maximum Gasteiger partial charge on any atom is 0.0752 e. The Kier molecular flexibility index (Phi) is 4.20. The van der Waals surface area contributed by atoms with Gasteiger partial charge in [0, 0.05) is 11.1 Å². The van der Waals surface area contributed by atoms with Gasteiger partial charge in [-0.25, -0.2) is 0 Å². The highest BCUT2D eigenvalue weighted by atomic mass is 35.5. The minimum absolute atomic E-state index is 0.745. The Labute approximate surface area is 113 Å². The van der Waals surface area contributed by atoms with Crippen molar-refractivity contribution >= 4 is 22.5 Å². The zero-order chi connectivity index (χ0) is 13.1. The molecule has 96 valence electrons. The van der Waals surface area contributed by atoms with E-state index in [1.165, 1.54) is 11.1 Å². The van der Waals surface area contributed by atoms with E-state index in [4.69, 9.17) is 17.3 Å². The average molecular weight is 263 g/mol. The molecule has 0 radical (unpaired) electrons. The molecule has 0 saturated heterocycles. The number of unbranched alkanes of at least 4 members (excludes halogenated alkanes) is 1. The van der Waals surface area contributed by atoms with Gasteiger partial charge in [-0.05, 0) is 62.9 Å². The number of hydrogen-bond donors (Lipinski definition) is 1. The second-order valence-corrected chi connectivity index (χ2v) is 5.16. The summed E-state index contributed by atoms with van der Waals surface area (Å²) in [6.45, 7) is 4.86. The lowest BCUT2D eigenvalue weighted by Crippen LogP contribution is -2.00. The average Bonchev–Trinajstić information content (AvgIpc) is 2.34. The van der Waals surface area contributed by atoms with Crippen LogP contribution in [0.3, 0.4) is 0 Å². The Morgan fingerprint density at radius 2 is 2.00 bits per heavy atom. The first-order valence-electron chi connectivity index (χ1n) is 6.39. The molecular weight excluding hydrogens is 244 g/mol. The summed E-state index contributed by atoms with van der Waals surface area (Å²) in [5.74, 6) is 0. The molecule has 1 heterocycles. The van der Waals surface area contributed by atoms with Gasteiger partial charge < -0.3 is 5.73 Å². The molecule has 0 aliphatic heterocycles. The van der Waals surface area contributed by atoms with Gasteiger partial charge in [-0.1, -0.05) is 17.7 Å². The second kappa shape index (κ2) is 5.68. The van der Waals surface area contributed by atoms with Crippen molar-refractivity contribution in [2.45, 2.75) is 33.1 Å². The van der Waals surface area contributed by atoms with Crippen molar-refractivity contribution in [3.63, 3.8) is 0 Å². The Morgan fingerprint density at radius 1 is 1.22 bits per heavy atom. The summed E-state index contributed by atoms with van der Waals surface area (Å²) in [5.41, 5.74) is 10.1. The Bertz CT molecular complexity index is 564. The molecule has 2 nitrogen and oxygen atoms in total. The summed E-state index contributed by atoms with van der Waals surface area (Å²) < 4.78 is 0. The van der Waals surface area contributed by atoms with Gasteiger partial charge >= 0.3 is 0 Å². The van der Waals surface area contributed by atoms with Crippen LogP contribution in [0.15, 0.2) is 18.2 Å². The van der Waals surface area contributed by atoms with E-state index in [0.717, 1.165) is 47.4 Å². The molecule has 1 aromatic carbocycles. The van der Waals surface area contributed by atoms with E-state index < -0.39 is 0 Å². The van der Waals surface area contributed by atoms with Gasteiger partial charge in [-0.2, -0.15) is 0 Å². The topological polar surface area (TPSA) is 38.9 Å². The van der Waals surface area contributed by atoms with E-state index in [1.807, 2.05) is 19.1 Å². The highest BCUT2D eigenvalue weighted by molar-refractivity contribution is 6.35. The van der Waals surface area contributed by atoms with Gasteiger partial charge in [0.2, 0.25) is 0 Å². The van der Waals surface area contributed by atoms with Crippen LogP contribution in [0.1, 0.15) is 29.7 Å². The smallest absolute Gasteiger partial charge is 0.0752 e. The molecular formula is C15H19ClN2. The van der Waals surface area contributed by atoms with Crippen LogP contribution in [0.5, 0.6) is 0 Å². The lowest BCUT2D eigenvalue weighted by molar-refractivity contribution is 0.746. The number of aromatic nitrogens is 1. The van der Waals surface area contributed by atoms with Crippen molar-refractivity contribution in [1.29, 1.82) is 0 Å². The standard InChI is InChI=1S/C15H19ClN2/c1-10-6-7-13(16)14-12(5-3-4-8-17)9-11(2)18-15(10)14/h6-7,9H,3-5,8,17H2,1-2H3. The molecule has 0 aliphatic rings. The van der Waals surface area contributed by atoms with E-state index in [2.05, 4.69) is 18.0 Å². The number of rotatable bonds is 4. The van der Waals surface area contributed by atoms with Crippen LogP contribution in [0, 0.1) is 13.8 Å². The Balaban J connectivity index is 2.53. The van der Waals surface area contributed by atoms with E-state index in [0.29, 0.717) is 0 Å². The molecule has 2 aromatic rings. The quantitative estimate of drug-likeness (QED) is 0.852. The lowest BCUT2D eigenvalue weighted by atomic mass is 10.0. The van der Waals surface area contributed by atoms with Gasteiger partial charge in [0.25, 0.3) is 0 Å². The van der Waals surface area contributed by atoms with Crippen LogP contribution in [0.2, 0.25) is 5.02 Å². The minimum atomic E-state index is 0.745. The first kappa shape index (κ1) is 13.3. The zero-order valence-electron chi connectivity index (χ0n) is 11.0. The number of nitrogens with zero attached hydrogens (tertiary/aromatic N) is 1. The van der Waals surface area contributed by atoms with Crippen LogP contribution < -0.4 is 5.73 Å². The van der Waals surface area contributed by atoms with Crippen LogP contribution in [-0.2, 0) is 6.42 Å². The molecule has 0 bridgehead atoms. The van der Waals surface area contributed by atoms with Crippen molar-refractivity contribution in [3.05, 3.63) is 40.0 Å². The van der Waals surface area contributed by atoms with Crippen LogP contribution in [0.25, 0.3) is 10.9 Å². The first-order chi connectivity index (χ1) is 8.63. The number of hydrogen-bond acceptors (Lipinski definition) is 2. The third-order valence-electron chi connectivity index (χ3n) is 3.22. The fraction of sp³-hybridized carbons (Fsp3) is 0.400. The number of benzene rings is 1. The fourth-order valence-corrected chi connectivity index (χ4v) is 2.58. The highest BCUT2D eigenvalue weighted by Crippen LogP contribution is 2.29. The summed E-state index contributed by atoms with van der Waals surface area (Å²) in [5, 5.41) is 1.91. The number of fused-ring (bicyclic) bond motifs is 1. The van der Waals surface area contributed by atoms with Gasteiger partial charge in [0.15, 0.2) is 0 Å². The van der Waals surface area contributed by atoms with Crippen molar-refractivity contribution in [2.24, 2.45) is 5.73 Å². The van der Waals surface area contributed by atoms with E-state index in [-0.39, 0.29) is 0 Å². The predicted molar refractivity (Wildman–Crippen MR) is 78.2 cm³/mol. The molecule has 2 N–H and O–H groups in total. The first-order valence-corrected chi connectivity index (χ1v) is 6.76. The third-order valence-corrected chi connectivity index (χ3v) is 3.54. The predicted octanol–water partition coefficient (Wildman–Crippen LogP) is 3.79. The molecule has 0 aliphatic carbocycles. The largest absolute Gasteiger partial charge is 0.330 e. The van der Waals surface area contributed by atoms with Crippen molar-refractivity contribution < 1.29 is 0 Å². The lowest BCUT2D eigenvalue weighted by Gasteiger charge is -2.11. The van der Waals surface area contributed by atoms with E-state index in [9.17, 15) is 0 Å². The van der Waals surface area contributed by atoms with Crippen molar-refractivity contribution in [1.82, 2.24) is 4.98 Å². The normalized spacial score (nSPS) is 11.1. The second-order valence-electron chi connectivity index (χ2n) is 4.76. The summed E-state index contributed by atoms with van der Waals surface area (Å²) in [7, 11) is 0. The molecule has 0 unspecified atom stereocenters. The highest BCUT2D eigenvalue weighted by Gasteiger charge is 2.09. The maximum atomic E-state index is 6.33. The summed E-state index contributed by atoms with van der Waals surface area (Å²) in [6.07, 6.45) is 3.16. The fourth-order valence-electron chi connectivity index (χ4n) is 2.31. The Hall–Kier alpha value is -1.12. The third kappa shape index (κ3) is 2.65. The molecule has 0 spiro atoms. The molecule has 0 fully saturated rings. The molecule has 0 amide bonds. The molecule has 0 saturated carbocycles. The van der Waals surface area contributed by atoms with Gasteiger partial charge in [0.05, 0.1) is 10.5 Å². The molecule has 18 heavy (non-hydrogen) atoms. The molecule has 3 heteroatoms. The van der Waals surface area contributed by atoms with Crippen molar-refractivity contribution in [2.75, 3.05) is 6.54 Å². The molecule has 1 aromatic heterocycles. The van der Waals surface area contributed by atoms with Crippen LogP contribution in [0.4, 0.5) is 0 Å². The van der Waals surface area contributed by atoms with Gasteiger partial charge in [-0.3, -0.25) is 4.98 Å². The van der Waals surface area contributed by atoms with Crippen LogP contribution >= 0.6 is 11.6 Å². The number of nitrogens with two attached hydrogens (primary N) is 1. The summed E-state index contributed by atoms with van der Waals surface area (Å²) >= 11 is 6.33. The van der Waals surface area contributed by atoms with Gasteiger partial charge in [0.1, 0.15) is 0 Å². The van der Waals surface area contributed by atoms with E-state index in [1.54, 1.807) is 0 Å². The van der Waals surface area contributed by atoms with Gasteiger partial charge in [-0.15, -0.1) is 0 Å². The SMILES string of the molecule is Cc1cc(CCCCN)c2c(Cl)ccc(C)c2n1. The minimum Gasteiger partial charge on any atom is -0.330 e. The van der Waals surface area contributed by atoms with Crippen molar-refractivity contribution in [3.8, 4) is 0 Å². The number of pyridine rings is 1.